The second kappa shape index (κ2) is 10.6. The Kier molecular flexibility index (Phi) is 7.42. The Labute approximate surface area is 179 Å². The second-order valence-corrected chi connectivity index (χ2v) is 6.68. The molecule has 3 aromatic rings. The first kappa shape index (κ1) is 21.6. The summed E-state index contributed by atoms with van der Waals surface area (Å²) in [5.41, 5.74) is 1.75. The predicted octanol–water partition coefficient (Wildman–Crippen LogP) is 5.01. The van der Waals surface area contributed by atoms with E-state index in [9.17, 15) is 14.0 Å². The van der Waals surface area contributed by atoms with E-state index in [-0.39, 0.29) is 24.5 Å². The smallest absolute Gasteiger partial charge is 0.323 e. The van der Waals surface area contributed by atoms with Gasteiger partial charge in [0.15, 0.2) is 0 Å². The van der Waals surface area contributed by atoms with Crippen LogP contribution in [0, 0.1) is 5.82 Å². The maximum Gasteiger partial charge on any atom is 0.323 e. The first-order valence-electron chi connectivity index (χ1n) is 9.63. The topological polar surface area (TPSA) is 82.7 Å². The summed E-state index contributed by atoms with van der Waals surface area (Å²) in [5.74, 6) is 0.195. The molecule has 0 radical (unpaired) electrons. The van der Waals surface area contributed by atoms with Gasteiger partial charge in [-0.3, -0.25) is 0 Å². The summed E-state index contributed by atoms with van der Waals surface area (Å²) < 4.78 is 18.4. The lowest BCUT2D eigenvalue weighted by Crippen LogP contribution is -2.34. The Morgan fingerprint density at radius 1 is 0.839 bits per heavy atom. The Bertz CT molecular complexity index is 1010. The van der Waals surface area contributed by atoms with Crippen molar-refractivity contribution in [2.75, 3.05) is 36.1 Å². The molecule has 3 rings (SSSR count). The lowest BCUT2D eigenvalue weighted by atomic mass is 10.3. The molecule has 0 saturated carbocycles. The first-order valence-corrected chi connectivity index (χ1v) is 9.63. The number of para-hydroxylation sites is 1. The number of hydrogen-bond acceptors (Lipinski definition) is 3. The molecule has 3 aromatic carbocycles. The van der Waals surface area contributed by atoms with Gasteiger partial charge >= 0.3 is 12.1 Å². The zero-order chi connectivity index (χ0) is 22.1. The molecule has 0 aliphatic carbocycles. The summed E-state index contributed by atoms with van der Waals surface area (Å²) in [6.07, 6.45) is 0. The van der Waals surface area contributed by atoms with Crippen molar-refractivity contribution in [3.05, 3.63) is 84.7 Å². The minimum absolute atomic E-state index is 0.261. The van der Waals surface area contributed by atoms with Gasteiger partial charge in [0.05, 0.1) is 6.54 Å². The number of nitrogens with zero attached hydrogens (tertiary/aromatic N) is 1. The van der Waals surface area contributed by atoms with E-state index < -0.39 is 0 Å². The van der Waals surface area contributed by atoms with Crippen LogP contribution >= 0.6 is 0 Å². The molecule has 0 fully saturated rings. The van der Waals surface area contributed by atoms with E-state index in [1.54, 1.807) is 43.4 Å². The monoisotopic (exact) mass is 422 g/mol. The third-order valence-electron chi connectivity index (χ3n) is 4.26. The van der Waals surface area contributed by atoms with Crippen LogP contribution in [0.1, 0.15) is 0 Å². The molecule has 0 aliphatic rings. The fourth-order valence-corrected chi connectivity index (χ4v) is 2.64. The number of halogens is 1. The molecule has 0 unspecified atom stereocenters. The highest BCUT2D eigenvalue weighted by Crippen LogP contribution is 2.16. The standard InChI is InChI=1S/C23H23FN4O3/c1-28(14-15-31-21-12-10-17(24)11-13-21)23(30)27-20-9-5-8-19(16-20)26-22(29)25-18-6-3-2-4-7-18/h2-13,16H,14-15H2,1H3,(H,27,30)(H2,25,26,29). The van der Waals surface area contributed by atoms with Crippen LogP contribution in [0.2, 0.25) is 0 Å². The van der Waals surface area contributed by atoms with Crippen molar-refractivity contribution in [3.8, 4) is 5.75 Å². The predicted molar refractivity (Wildman–Crippen MR) is 119 cm³/mol. The van der Waals surface area contributed by atoms with E-state index in [0.29, 0.717) is 29.4 Å². The third-order valence-corrected chi connectivity index (χ3v) is 4.26. The van der Waals surface area contributed by atoms with Crippen LogP contribution in [0.5, 0.6) is 5.75 Å². The lowest BCUT2D eigenvalue weighted by molar-refractivity contribution is 0.207. The molecule has 0 heterocycles. The Morgan fingerprint density at radius 2 is 1.45 bits per heavy atom. The molecule has 0 bridgehead atoms. The number of ether oxygens (including phenoxy) is 1. The summed E-state index contributed by atoms with van der Waals surface area (Å²) in [6, 6.07) is 20.9. The van der Waals surface area contributed by atoms with Gasteiger partial charge in [-0.25, -0.2) is 14.0 Å². The van der Waals surface area contributed by atoms with Crippen LogP contribution in [-0.2, 0) is 0 Å². The number of likely N-dealkylation sites (N-methyl/N-ethyl adjacent to an activating group) is 1. The highest BCUT2D eigenvalue weighted by atomic mass is 19.1. The van der Waals surface area contributed by atoms with E-state index in [2.05, 4.69) is 16.0 Å². The van der Waals surface area contributed by atoms with Gasteiger partial charge in [0, 0.05) is 24.1 Å². The Hall–Kier alpha value is -4.07. The fourth-order valence-electron chi connectivity index (χ4n) is 2.64. The summed E-state index contributed by atoms with van der Waals surface area (Å²) in [4.78, 5) is 26.0. The van der Waals surface area contributed by atoms with Crippen LogP contribution in [0.15, 0.2) is 78.9 Å². The molecular weight excluding hydrogens is 399 g/mol. The maximum absolute atomic E-state index is 12.9. The summed E-state index contributed by atoms with van der Waals surface area (Å²) in [7, 11) is 1.64. The third kappa shape index (κ3) is 7.04. The molecule has 7 nitrogen and oxygen atoms in total. The van der Waals surface area contributed by atoms with Crippen LogP contribution in [0.4, 0.5) is 31.0 Å². The van der Waals surface area contributed by atoms with Crippen LogP contribution in [0.25, 0.3) is 0 Å². The van der Waals surface area contributed by atoms with E-state index in [1.165, 1.54) is 29.2 Å². The van der Waals surface area contributed by atoms with Gasteiger partial charge in [-0.2, -0.15) is 0 Å². The molecule has 8 heteroatoms. The summed E-state index contributed by atoms with van der Waals surface area (Å²) in [5, 5.41) is 8.23. The lowest BCUT2D eigenvalue weighted by Gasteiger charge is -2.18. The number of carbonyl (C=O) groups is 2. The molecule has 4 amide bonds. The quantitative estimate of drug-likeness (QED) is 0.500. The van der Waals surface area contributed by atoms with Gasteiger partial charge in [0.1, 0.15) is 18.2 Å². The molecule has 0 saturated heterocycles. The van der Waals surface area contributed by atoms with Gasteiger partial charge in [-0.05, 0) is 54.6 Å². The van der Waals surface area contributed by atoms with E-state index in [4.69, 9.17) is 4.74 Å². The highest BCUT2D eigenvalue weighted by Gasteiger charge is 2.10. The minimum atomic E-state index is -0.385. The number of amides is 4. The van der Waals surface area contributed by atoms with Gasteiger partial charge < -0.3 is 25.6 Å². The number of hydrogen-bond donors (Lipinski definition) is 3. The number of urea groups is 2. The van der Waals surface area contributed by atoms with Crippen molar-refractivity contribution in [2.24, 2.45) is 0 Å². The largest absolute Gasteiger partial charge is 0.492 e. The summed E-state index contributed by atoms with van der Waals surface area (Å²) in [6.45, 7) is 0.595. The first-order chi connectivity index (χ1) is 15.0. The Balaban J connectivity index is 1.47. The van der Waals surface area contributed by atoms with Crippen molar-refractivity contribution in [1.29, 1.82) is 0 Å². The number of carbonyl (C=O) groups excluding carboxylic acids is 2. The molecule has 160 valence electrons. The van der Waals surface area contributed by atoms with Crippen molar-refractivity contribution in [1.82, 2.24) is 4.90 Å². The molecule has 3 N–H and O–H groups in total. The van der Waals surface area contributed by atoms with E-state index >= 15 is 0 Å². The van der Waals surface area contributed by atoms with E-state index in [1.807, 2.05) is 18.2 Å². The average Bonchev–Trinajstić information content (AvgIpc) is 2.76. The van der Waals surface area contributed by atoms with Gasteiger partial charge in [-0.15, -0.1) is 0 Å². The van der Waals surface area contributed by atoms with Crippen molar-refractivity contribution >= 4 is 29.1 Å². The van der Waals surface area contributed by atoms with Gasteiger partial charge in [0.2, 0.25) is 0 Å². The number of nitrogens with one attached hydrogen (secondary N) is 3. The van der Waals surface area contributed by atoms with E-state index in [0.717, 1.165) is 0 Å². The number of anilines is 3. The normalized spacial score (nSPS) is 10.1. The van der Waals surface area contributed by atoms with Gasteiger partial charge in [0.25, 0.3) is 0 Å². The number of rotatable bonds is 7. The molecular formula is C23H23FN4O3. The zero-order valence-corrected chi connectivity index (χ0v) is 17.0. The fraction of sp³-hybridized carbons (Fsp3) is 0.130. The molecule has 31 heavy (non-hydrogen) atoms. The minimum Gasteiger partial charge on any atom is -0.492 e. The molecule has 0 atom stereocenters. The van der Waals surface area contributed by atoms with Crippen LogP contribution in [-0.4, -0.2) is 37.2 Å². The van der Waals surface area contributed by atoms with Crippen LogP contribution in [0.3, 0.4) is 0 Å². The maximum atomic E-state index is 12.9. The zero-order valence-electron chi connectivity index (χ0n) is 17.0. The molecule has 0 aliphatic heterocycles. The van der Waals surface area contributed by atoms with Crippen molar-refractivity contribution in [3.63, 3.8) is 0 Å². The SMILES string of the molecule is CN(CCOc1ccc(F)cc1)C(=O)Nc1cccc(NC(=O)Nc2ccccc2)c1. The summed E-state index contributed by atoms with van der Waals surface area (Å²) >= 11 is 0. The van der Waals surface area contributed by atoms with Crippen molar-refractivity contribution in [2.45, 2.75) is 0 Å². The van der Waals surface area contributed by atoms with Gasteiger partial charge in [-0.1, -0.05) is 24.3 Å². The van der Waals surface area contributed by atoms with Crippen molar-refractivity contribution < 1.29 is 18.7 Å². The molecule has 0 aromatic heterocycles. The number of benzene rings is 3. The highest BCUT2D eigenvalue weighted by molar-refractivity contribution is 6.00. The second-order valence-electron chi connectivity index (χ2n) is 6.68. The van der Waals surface area contributed by atoms with Crippen LogP contribution < -0.4 is 20.7 Å². The average molecular weight is 422 g/mol. The molecule has 0 spiro atoms. The Morgan fingerprint density at radius 3 is 2.16 bits per heavy atom.